The first kappa shape index (κ1) is 8.55. The molecule has 0 N–H and O–H groups in total. The monoisotopic (exact) mass is 168 g/mol. The van der Waals surface area contributed by atoms with Gasteiger partial charge in [0.2, 0.25) is 0 Å². The standard InChI is InChI=1S/C11H20O/c1-4-8(2)9-5-6-10-11(3,7-9)12-10/h8-10H,4-7H2,1-3H3. The number of hydrogen-bond donors (Lipinski definition) is 0. The van der Waals surface area contributed by atoms with Gasteiger partial charge in [0.15, 0.2) is 0 Å². The van der Waals surface area contributed by atoms with E-state index in [9.17, 15) is 0 Å². The smallest absolute Gasteiger partial charge is 0.0923 e. The third-order valence-corrected chi connectivity index (χ3v) is 3.95. The van der Waals surface area contributed by atoms with Gasteiger partial charge in [-0.25, -0.2) is 0 Å². The Morgan fingerprint density at radius 1 is 1.50 bits per heavy atom. The van der Waals surface area contributed by atoms with E-state index in [0.717, 1.165) is 11.8 Å². The molecule has 1 nitrogen and oxygen atoms in total. The minimum Gasteiger partial charge on any atom is -0.366 e. The van der Waals surface area contributed by atoms with Crippen molar-refractivity contribution >= 4 is 0 Å². The van der Waals surface area contributed by atoms with Crippen molar-refractivity contribution in [1.29, 1.82) is 0 Å². The maximum Gasteiger partial charge on any atom is 0.0923 e. The maximum atomic E-state index is 5.69. The molecule has 12 heavy (non-hydrogen) atoms. The molecule has 2 rings (SSSR count). The molecule has 1 saturated carbocycles. The predicted molar refractivity (Wildman–Crippen MR) is 50.1 cm³/mol. The van der Waals surface area contributed by atoms with Gasteiger partial charge in [-0.1, -0.05) is 20.3 Å². The Kier molecular flexibility index (Phi) is 1.95. The molecule has 2 fully saturated rings. The van der Waals surface area contributed by atoms with Gasteiger partial charge in [0.25, 0.3) is 0 Å². The van der Waals surface area contributed by atoms with Gasteiger partial charge in [-0.15, -0.1) is 0 Å². The Bertz CT molecular complexity index is 178. The zero-order valence-corrected chi connectivity index (χ0v) is 8.47. The van der Waals surface area contributed by atoms with Crippen molar-refractivity contribution in [2.45, 2.75) is 58.2 Å². The fraction of sp³-hybridized carbons (Fsp3) is 1.00. The molecular formula is C11H20O. The third-order valence-electron chi connectivity index (χ3n) is 3.95. The van der Waals surface area contributed by atoms with Crippen molar-refractivity contribution in [3.63, 3.8) is 0 Å². The summed E-state index contributed by atoms with van der Waals surface area (Å²) >= 11 is 0. The van der Waals surface area contributed by atoms with Crippen molar-refractivity contribution in [3.8, 4) is 0 Å². The van der Waals surface area contributed by atoms with Crippen molar-refractivity contribution in [2.24, 2.45) is 11.8 Å². The summed E-state index contributed by atoms with van der Waals surface area (Å²) in [6.45, 7) is 6.97. The number of rotatable bonds is 2. The summed E-state index contributed by atoms with van der Waals surface area (Å²) in [5.74, 6) is 1.82. The average molecular weight is 168 g/mol. The number of ether oxygens (including phenoxy) is 1. The van der Waals surface area contributed by atoms with Crippen LogP contribution in [0.25, 0.3) is 0 Å². The third kappa shape index (κ3) is 1.28. The van der Waals surface area contributed by atoms with Crippen LogP contribution in [-0.2, 0) is 4.74 Å². The SMILES string of the molecule is CCC(C)C1CCC2OC2(C)C1. The van der Waals surface area contributed by atoms with Gasteiger partial charge in [-0.3, -0.25) is 0 Å². The first-order valence-corrected chi connectivity index (χ1v) is 5.33. The van der Waals surface area contributed by atoms with E-state index in [1.54, 1.807) is 0 Å². The van der Waals surface area contributed by atoms with Crippen LogP contribution in [-0.4, -0.2) is 11.7 Å². The zero-order valence-electron chi connectivity index (χ0n) is 8.47. The zero-order chi connectivity index (χ0) is 8.77. The minimum absolute atomic E-state index is 0.298. The maximum absolute atomic E-state index is 5.69. The van der Waals surface area contributed by atoms with Gasteiger partial charge in [0.05, 0.1) is 11.7 Å². The highest BCUT2D eigenvalue weighted by Gasteiger charge is 2.55. The van der Waals surface area contributed by atoms with E-state index < -0.39 is 0 Å². The van der Waals surface area contributed by atoms with Gasteiger partial charge in [-0.05, 0) is 38.0 Å². The molecule has 70 valence electrons. The quantitative estimate of drug-likeness (QED) is 0.577. The molecule has 0 aromatic rings. The Labute approximate surface area is 75.5 Å². The topological polar surface area (TPSA) is 12.5 Å². The highest BCUT2D eigenvalue weighted by atomic mass is 16.6. The Morgan fingerprint density at radius 2 is 2.25 bits per heavy atom. The molecular weight excluding hydrogens is 148 g/mol. The van der Waals surface area contributed by atoms with Crippen LogP contribution in [0.1, 0.15) is 46.5 Å². The van der Waals surface area contributed by atoms with Crippen LogP contribution in [0.15, 0.2) is 0 Å². The van der Waals surface area contributed by atoms with Gasteiger partial charge in [0, 0.05) is 0 Å². The molecule has 0 spiro atoms. The summed E-state index contributed by atoms with van der Waals surface area (Å²) in [6.07, 6.45) is 5.97. The number of fused-ring (bicyclic) bond motifs is 1. The molecule has 0 aromatic heterocycles. The van der Waals surface area contributed by atoms with Crippen LogP contribution in [0.2, 0.25) is 0 Å². The highest BCUT2D eigenvalue weighted by molar-refractivity contribution is 5.04. The molecule has 1 aliphatic heterocycles. The second kappa shape index (κ2) is 2.73. The van der Waals surface area contributed by atoms with E-state index >= 15 is 0 Å². The Morgan fingerprint density at radius 3 is 2.83 bits per heavy atom. The van der Waals surface area contributed by atoms with E-state index in [1.807, 2.05) is 0 Å². The lowest BCUT2D eigenvalue weighted by Gasteiger charge is -2.27. The molecule has 4 unspecified atom stereocenters. The normalized spacial score (nSPS) is 48.2. The van der Waals surface area contributed by atoms with Crippen LogP contribution in [0.4, 0.5) is 0 Å². The first-order valence-electron chi connectivity index (χ1n) is 5.33. The molecule has 1 aliphatic carbocycles. The van der Waals surface area contributed by atoms with Gasteiger partial charge in [0.1, 0.15) is 0 Å². The van der Waals surface area contributed by atoms with E-state index in [4.69, 9.17) is 4.74 Å². The van der Waals surface area contributed by atoms with Crippen molar-refractivity contribution < 1.29 is 4.74 Å². The fourth-order valence-corrected chi connectivity index (χ4v) is 2.64. The lowest BCUT2D eigenvalue weighted by atomic mass is 9.75. The number of epoxide rings is 1. The molecule has 0 aromatic carbocycles. The Hall–Kier alpha value is -0.0400. The molecule has 4 atom stereocenters. The van der Waals surface area contributed by atoms with E-state index in [-0.39, 0.29) is 0 Å². The van der Waals surface area contributed by atoms with E-state index in [1.165, 1.54) is 25.7 Å². The molecule has 1 heterocycles. The van der Waals surface area contributed by atoms with Crippen LogP contribution in [0.5, 0.6) is 0 Å². The second-order valence-electron chi connectivity index (χ2n) is 4.85. The largest absolute Gasteiger partial charge is 0.366 e. The second-order valence-corrected chi connectivity index (χ2v) is 4.85. The lowest BCUT2D eigenvalue weighted by molar-refractivity contribution is 0.223. The molecule has 0 bridgehead atoms. The summed E-state index contributed by atoms with van der Waals surface area (Å²) < 4.78 is 5.69. The van der Waals surface area contributed by atoms with E-state index in [0.29, 0.717) is 11.7 Å². The molecule has 0 amide bonds. The molecule has 2 aliphatic rings. The van der Waals surface area contributed by atoms with Crippen LogP contribution in [0, 0.1) is 11.8 Å². The van der Waals surface area contributed by atoms with Gasteiger partial charge in [-0.2, -0.15) is 0 Å². The van der Waals surface area contributed by atoms with Crippen LogP contribution >= 0.6 is 0 Å². The Balaban J connectivity index is 1.93. The summed E-state index contributed by atoms with van der Waals surface area (Å²) in [4.78, 5) is 0. The predicted octanol–water partition coefficient (Wildman–Crippen LogP) is 2.99. The average Bonchev–Trinajstić information content (AvgIpc) is 2.73. The molecule has 1 heteroatoms. The van der Waals surface area contributed by atoms with Crippen LogP contribution in [0.3, 0.4) is 0 Å². The summed E-state index contributed by atoms with van der Waals surface area (Å²) in [6, 6.07) is 0. The fourth-order valence-electron chi connectivity index (χ4n) is 2.64. The summed E-state index contributed by atoms with van der Waals surface area (Å²) in [7, 11) is 0. The van der Waals surface area contributed by atoms with Gasteiger partial charge >= 0.3 is 0 Å². The first-order chi connectivity index (χ1) is 5.65. The number of hydrogen-bond acceptors (Lipinski definition) is 1. The lowest BCUT2D eigenvalue weighted by Crippen LogP contribution is -2.26. The van der Waals surface area contributed by atoms with Crippen molar-refractivity contribution in [1.82, 2.24) is 0 Å². The summed E-state index contributed by atoms with van der Waals surface area (Å²) in [5, 5.41) is 0. The van der Waals surface area contributed by atoms with Crippen molar-refractivity contribution in [2.75, 3.05) is 0 Å². The minimum atomic E-state index is 0.298. The van der Waals surface area contributed by atoms with Crippen molar-refractivity contribution in [3.05, 3.63) is 0 Å². The molecule has 1 saturated heterocycles. The van der Waals surface area contributed by atoms with Crippen LogP contribution < -0.4 is 0 Å². The van der Waals surface area contributed by atoms with Gasteiger partial charge < -0.3 is 4.74 Å². The highest BCUT2D eigenvalue weighted by Crippen LogP contribution is 2.51. The molecule has 0 radical (unpaired) electrons. The van der Waals surface area contributed by atoms with E-state index in [2.05, 4.69) is 20.8 Å². The summed E-state index contributed by atoms with van der Waals surface area (Å²) in [5.41, 5.74) is 0.298.